The monoisotopic (exact) mass is 990 g/mol. The molecule has 0 aromatic rings. The summed E-state index contributed by atoms with van der Waals surface area (Å²) in [7, 11) is 0. The first-order valence-corrected chi connectivity index (χ1v) is 21.0. The van der Waals surface area contributed by atoms with E-state index in [0.29, 0.717) is 0 Å². The summed E-state index contributed by atoms with van der Waals surface area (Å²) < 4.78 is 61.2. The Morgan fingerprint density at radius 3 is 0.940 bits per heavy atom. The molecule has 0 radical (unpaired) electrons. The average Bonchev–Trinajstić information content (AvgIpc) is 4.00. The van der Waals surface area contributed by atoms with Crippen LogP contribution in [0.4, 0.5) is 0 Å². The predicted octanol–water partition coefficient (Wildman–Crippen LogP) is -14.1. The number of hydrogen-bond donors (Lipinski definition) is 20. The fourth-order valence-electron chi connectivity index (χ4n) is 8.67. The van der Waals surface area contributed by atoms with Crippen LogP contribution >= 0.6 is 0 Å². The van der Waals surface area contributed by atoms with E-state index < -0.39 is 224 Å². The average molecular weight is 991 g/mol. The molecule has 0 amide bonds. The van der Waals surface area contributed by atoms with Crippen molar-refractivity contribution in [3.8, 4) is 0 Å². The van der Waals surface area contributed by atoms with Gasteiger partial charge in [-0.1, -0.05) is 0 Å². The molecule has 0 aromatic heterocycles. The van der Waals surface area contributed by atoms with E-state index in [0.717, 1.165) is 0 Å². The van der Waals surface area contributed by atoms with Crippen LogP contribution in [0.3, 0.4) is 0 Å². The highest BCUT2D eigenvalue weighted by atomic mass is 16.8. The smallest absolute Gasteiger partial charge is 0.224 e. The molecular weight excluding hydrogens is 928 g/mol. The van der Waals surface area contributed by atoms with Crippen LogP contribution in [-0.2, 0) is 52.1 Å². The molecule has 6 rings (SSSR count). The second-order valence-electron chi connectivity index (χ2n) is 17.1. The Kier molecular flexibility index (Phi) is 17.6. The van der Waals surface area contributed by atoms with Gasteiger partial charge < -0.3 is 154 Å². The maximum atomic E-state index is 11.5. The van der Waals surface area contributed by atoms with Gasteiger partial charge in [-0.3, -0.25) is 0 Å². The fourth-order valence-corrected chi connectivity index (χ4v) is 8.67. The maximum Gasteiger partial charge on any atom is 0.224 e. The summed E-state index contributed by atoms with van der Waals surface area (Å²) >= 11 is 0. The van der Waals surface area contributed by atoms with Gasteiger partial charge in [-0.25, -0.2) is 0 Å². The van der Waals surface area contributed by atoms with Crippen LogP contribution in [0.5, 0.6) is 0 Å². The zero-order valence-electron chi connectivity index (χ0n) is 35.3. The number of rotatable bonds is 21. The molecule has 6 aliphatic rings. The van der Waals surface area contributed by atoms with E-state index in [1.165, 1.54) is 0 Å². The minimum absolute atomic E-state index is 0.784. The highest BCUT2D eigenvalue weighted by Gasteiger charge is 2.65. The molecule has 6 heterocycles. The number of hydrogen-bond acceptors (Lipinski definition) is 31. The first-order valence-electron chi connectivity index (χ1n) is 21.0. The van der Waals surface area contributed by atoms with Crippen LogP contribution < -0.4 is 0 Å². The SMILES string of the molecule is OCC1OC(OC2(COC3(CO)OC(CO)C(O)C3O)OC(COC3(CO)OC(COC4(CO)OC(COC5(CO)OC(CO)C(O)C5O)C(O)C4O)C(O)C3O)C(O)C2O)C(O)C(O)C1O. The van der Waals surface area contributed by atoms with Gasteiger partial charge in [-0.2, -0.15) is 0 Å². The van der Waals surface area contributed by atoms with E-state index in [9.17, 15) is 102 Å². The van der Waals surface area contributed by atoms with Gasteiger partial charge in [0.05, 0.1) is 39.6 Å². The van der Waals surface area contributed by atoms with Gasteiger partial charge >= 0.3 is 0 Å². The molecule has 392 valence electrons. The third-order valence-corrected chi connectivity index (χ3v) is 12.9. The molecule has 67 heavy (non-hydrogen) atoms. The van der Waals surface area contributed by atoms with Crippen molar-refractivity contribution in [2.24, 2.45) is 0 Å². The van der Waals surface area contributed by atoms with Crippen LogP contribution in [0, 0.1) is 0 Å². The highest BCUT2D eigenvalue weighted by Crippen LogP contribution is 2.43. The van der Waals surface area contributed by atoms with Gasteiger partial charge in [-0.05, 0) is 0 Å². The second-order valence-corrected chi connectivity index (χ2v) is 17.1. The third kappa shape index (κ3) is 9.75. The molecule has 31 nitrogen and oxygen atoms in total. The fraction of sp³-hybridized carbons (Fsp3) is 1.00. The summed E-state index contributed by atoms with van der Waals surface area (Å²) in [4.78, 5) is 0. The van der Waals surface area contributed by atoms with Gasteiger partial charge in [0.1, 0.15) is 149 Å². The van der Waals surface area contributed by atoms with Crippen LogP contribution in [0.25, 0.3) is 0 Å². The van der Waals surface area contributed by atoms with Crippen LogP contribution in [0.1, 0.15) is 0 Å². The lowest BCUT2D eigenvalue weighted by molar-refractivity contribution is -0.401. The second kappa shape index (κ2) is 21.5. The molecule has 20 N–H and O–H groups in total. The lowest BCUT2D eigenvalue weighted by atomic mass is 9.99. The minimum Gasteiger partial charge on any atom is -0.394 e. The Bertz CT molecular complexity index is 1590. The summed E-state index contributed by atoms with van der Waals surface area (Å²) in [6, 6.07) is 0. The minimum atomic E-state index is -2.86. The van der Waals surface area contributed by atoms with Crippen molar-refractivity contribution >= 4 is 0 Å². The molecular formula is C36H62O31. The lowest BCUT2D eigenvalue weighted by Gasteiger charge is -2.44. The molecule has 25 atom stereocenters. The molecule has 6 fully saturated rings. The molecule has 0 aliphatic carbocycles. The quantitative estimate of drug-likeness (QED) is 0.0508. The van der Waals surface area contributed by atoms with Crippen molar-refractivity contribution in [1.29, 1.82) is 0 Å². The molecule has 0 saturated carbocycles. The summed E-state index contributed by atoms with van der Waals surface area (Å²) in [5, 5.41) is 209. The summed E-state index contributed by atoms with van der Waals surface area (Å²) in [5.74, 6) is -12.9. The zero-order valence-corrected chi connectivity index (χ0v) is 35.3. The third-order valence-electron chi connectivity index (χ3n) is 12.9. The van der Waals surface area contributed by atoms with Gasteiger partial charge in [0.2, 0.25) is 28.9 Å². The van der Waals surface area contributed by atoms with Crippen molar-refractivity contribution in [3.05, 3.63) is 0 Å². The van der Waals surface area contributed by atoms with Crippen molar-refractivity contribution in [2.45, 2.75) is 151 Å². The Hall–Kier alpha value is -1.24. The van der Waals surface area contributed by atoms with Crippen LogP contribution in [0.15, 0.2) is 0 Å². The number of aliphatic hydroxyl groups excluding tert-OH is 20. The van der Waals surface area contributed by atoms with Crippen molar-refractivity contribution in [1.82, 2.24) is 0 Å². The van der Waals surface area contributed by atoms with E-state index >= 15 is 0 Å². The predicted molar refractivity (Wildman–Crippen MR) is 199 cm³/mol. The van der Waals surface area contributed by atoms with E-state index in [1.807, 2.05) is 0 Å². The largest absolute Gasteiger partial charge is 0.394 e. The maximum absolute atomic E-state index is 11.5. The van der Waals surface area contributed by atoms with Crippen molar-refractivity contribution in [2.75, 3.05) is 72.7 Å². The van der Waals surface area contributed by atoms with E-state index in [1.54, 1.807) is 0 Å². The first-order chi connectivity index (χ1) is 31.6. The van der Waals surface area contributed by atoms with Gasteiger partial charge in [0, 0.05) is 0 Å². The lowest BCUT2D eigenvalue weighted by Crippen LogP contribution is -2.63. The van der Waals surface area contributed by atoms with Crippen LogP contribution in [-0.4, -0.2) is 326 Å². The van der Waals surface area contributed by atoms with Gasteiger partial charge in [-0.15, -0.1) is 0 Å². The van der Waals surface area contributed by atoms with Gasteiger partial charge in [0.15, 0.2) is 6.29 Å². The normalized spacial score (nSPS) is 52.5. The Balaban J connectivity index is 1.15. The Morgan fingerprint density at radius 2 is 0.612 bits per heavy atom. The van der Waals surface area contributed by atoms with E-state index in [2.05, 4.69) is 0 Å². The Morgan fingerprint density at radius 1 is 0.313 bits per heavy atom. The van der Waals surface area contributed by atoms with E-state index in [-0.39, 0.29) is 0 Å². The molecule has 25 unspecified atom stereocenters. The highest BCUT2D eigenvalue weighted by molar-refractivity contribution is 5.04. The number of aliphatic hydroxyl groups is 20. The van der Waals surface area contributed by atoms with E-state index in [4.69, 9.17) is 52.1 Å². The Labute approximate surface area is 378 Å². The topological polar surface area (TPSA) is 506 Å². The summed E-state index contributed by atoms with van der Waals surface area (Å²) in [5.41, 5.74) is 0. The number of ether oxygens (including phenoxy) is 11. The summed E-state index contributed by atoms with van der Waals surface area (Å²) in [6.07, 6.45) is -38.3. The summed E-state index contributed by atoms with van der Waals surface area (Å²) in [6.45, 7) is -11.4. The molecule has 31 heteroatoms. The standard InChI is InChI=1S/C36H62O31/c37-1-12-18(44)24(50)25(51)31(61-12)67-36(11-60-35(10-43)27(53)20(46)14(3-39)63-35)30(56)23(49)17(66-36)6-59-34(9-42)29(55)22(48)16(65-34)5-58-33(8-41)28(54)21(47)15(64-33)4-57-32(7-40)26(52)19(45)13(2-38)62-32/h12-31,37-56H,1-11H2. The molecule has 0 aromatic carbocycles. The van der Waals surface area contributed by atoms with Crippen molar-refractivity contribution < 1.29 is 154 Å². The van der Waals surface area contributed by atoms with Gasteiger partial charge in [0.25, 0.3) is 0 Å². The molecule has 0 spiro atoms. The zero-order chi connectivity index (χ0) is 49.6. The molecule has 6 aliphatic heterocycles. The van der Waals surface area contributed by atoms with Crippen molar-refractivity contribution in [3.63, 3.8) is 0 Å². The molecule has 6 saturated heterocycles. The first kappa shape index (κ1) is 55.1. The van der Waals surface area contributed by atoms with Crippen LogP contribution in [0.2, 0.25) is 0 Å². The molecule has 0 bridgehead atoms.